The molecule has 1 aliphatic heterocycles. The number of aliphatic carboxylic acids is 1. The topological polar surface area (TPSA) is 101 Å². The summed E-state index contributed by atoms with van der Waals surface area (Å²) in [6, 6.07) is 5.26. The quantitative estimate of drug-likeness (QED) is 0.865. The van der Waals surface area contributed by atoms with Gasteiger partial charge in [-0.25, -0.2) is 4.68 Å². The van der Waals surface area contributed by atoms with Gasteiger partial charge in [-0.15, -0.1) is 5.10 Å². The van der Waals surface area contributed by atoms with E-state index in [1.807, 2.05) is 0 Å². The molecule has 0 aromatic carbocycles. The number of hydrogen-bond acceptors (Lipinski definition) is 5. The van der Waals surface area contributed by atoms with Gasteiger partial charge >= 0.3 is 12.1 Å². The zero-order valence-corrected chi connectivity index (χ0v) is 13.3. The summed E-state index contributed by atoms with van der Waals surface area (Å²) in [5, 5.41) is 16.5. The van der Waals surface area contributed by atoms with E-state index in [2.05, 4.69) is 15.3 Å². The molecule has 0 unspecified atom stereocenters. The van der Waals surface area contributed by atoms with Crippen LogP contribution in [0.3, 0.4) is 0 Å². The normalized spacial score (nSPS) is 20.3. The number of aromatic nitrogens is 4. The smallest absolute Gasteiger partial charge is 0.394 e. The minimum absolute atomic E-state index is 0.145. The van der Waals surface area contributed by atoms with Crippen molar-refractivity contribution in [2.24, 2.45) is 11.8 Å². The fourth-order valence-electron chi connectivity index (χ4n) is 2.84. The number of hydrogen-bond donors (Lipinski definition) is 1. The molecular weight excluding hydrogens is 355 g/mol. The lowest BCUT2D eigenvalue weighted by molar-refractivity contribution is -0.187. The maximum atomic E-state index is 13.0. The predicted octanol–water partition coefficient (Wildman–Crippen LogP) is 1.06. The number of pyridine rings is 1. The molecule has 26 heavy (non-hydrogen) atoms. The molecule has 2 atom stereocenters. The molecule has 1 fully saturated rings. The van der Waals surface area contributed by atoms with E-state index in [-0.39, 0.29) is 12.2 Å². The molecule has 0 radical (unpaired) electrons. The molecule has 11 heteroatoms. The van der Waals surface area contributed by atoms with Crippen molar-refractivity contribution in [1.82, 2.24) is 24.9 Å². The van der Waals surface area contributed by atoms with Crippen LogP contribution < -0.4 is 0 Å². The molecular formula is C15H14F3N5O3. The van der Waals surface area contributed by atoms with Crippen molar-refractivity contribution in [3.8, 4) is 0 Å². The Hall–Kier alpha value is -2.98. The number of rotatable bonds is 4. The second-order valence-corrected chi connectivity index (χ2v) is 5.93. The van der Waals surface area contributed by atoms with Gasteiger partial charge in [-0.05, 0) is 12.1 Å². The van der Waals surface area contributed by atoms with Crippen molar-refractivity contribution >= 4 is 11.9 Å². The highest BCUT2D eigenvalue weighted by molar-refractivity contribution is 5.92. The standard InChI is InChI=1S/C15H14F3N5O3/c16-15(17,18)11-7-22(6-10(11)14(25)26)13(24)12-8-23(21-20-12)5-9-3-1-2-4-19-9/h1-4,8,10-11H,5-7H2,(H,25,26)/t10-,11-/m1/s1. The van der Waals surface area contributed by atoms with Crippen molar-refractivity contribution in [3.05, 3.63) is 42.0 Å². The second-order valence-electron chi connectivity index (χ2n) is 5.93. The van der Waals surface area contributed by atoms with Crippen molar-refractivity contribution < 1.29 is 27.9 Å². The third kappa shape index (κ3) is 3.65. The molecule has 138 valence electrons. The maximum absolute atomic E-state index is 13.0. The molecule has 3 heterocycles. The van der Waals surface area contributed by atoms with E-state index in [0.717, 1.165) is 4.90 Å². The summed E-state index contributed by atoms with van der Waals surface area (Å²) in [7, 11) is 0. The van der Waals surface area contributed by atoms with Gasteiger partial charge in [-0.2, -0.15) is 13.2 Å². The molecule has 1 saturated heterocycles. The predicted molar refractivity (Wildman–Crippen MR) is 79.9 cm³/mol. The average molecular weight is 369 g/mol. The number of carbonyl (C=O) groups is 2. The van der Waals surface area contributed by atoms with Gasteiger partial charge in [0, 0.05) is 19.3 Å². The summed E-state index contributed by atoms with van der Waals surface area (Å²) in [5.74, 6) is -6.16. The summed E-state index contributed by atoms with van der Waals surface area (Å²) in [4.78, 5) is 28.4. The summed E-state index contributed by atoms with van der Waals surface area (Å²) in [5.41, 5.74) is 0.522. The molecule has 3 rings (SSSR count). The van der Waals surface area contributed by atoms with Crippen LogP contribution in [0.1, 0.15) is 16.2 Å². The number of halogens is 3. The Morgan fingerprint density at radius 1 is 1.27 bits per heavy atom. The number of nitrogens with zero attached hydrogens (tertiary/aromatic N) is 5. The first-order valence-corrected chi connectivity index (χ1v) is 7.64. The van der Waals surface area contributed by atoms with E-state index in [0.29, 0.717) is 5.69 Å². The van der Waals surface area contributed by atoms with Crippen LogP contribution in [0.2, 0.25) is 0 Å². The lowest BCUT2D eigenvalue weighted by Gasteiger charge is -2.17. The Morgan fingerprint density at radius 3 is 2.62 bits per heavy atom. The molecule has 8 nitrogen and oxygen atoms in total. The van der Waals surface area contributed by atoms with Crippen LogP contribution in [0, 0.1) is 11.8 Å². The molecule has 1 N–H and O–H groups in total. The van der Waals surface area contributed by atoms with Crippen LogP contribution in [0.4, 0.5) is 13.2 Å². The Labute approximate surface area is 145 Å². The van der Waals surface area contributed by atoms with Gasteiger partial charge in [-0.1, -0.05) is 11.3 Å². The van der Waals surface area contributed by atoms with Crippen LogP contribution in [-0.4, -0.2) is 61.1 Å². The maximum Gasteiger partial charge on any atom is 0.394 e. The molecule has 0 aliphatic carbocycles. The number of carboxylic acid groups (broad SMARTS) is 1. The zero-order valence-electron chi connectivity index (χ0n) is 13.3. The van der Waals surface area contributed by atoms with E-state index >= 15 is 0 Å². The Kier molecular flexibility index (Phi) is 4.62. The molecule has 1 amide bonds. The van der Waals surface area contributed by atoms with Crippen LogP contribution in [-0.2, 0) is 11.3 Å². The number of amides is 1. The SMILES string of the molecule is O=C(O)[C@@H]1CN(C(=O)c2cn(Cc3ccccn3)nn2)C[C@H]1C(F)(F)F. The summed E-state index contributed by atoms with van der Waals surface area (Å²) in [6.07, 6.45) is -1.81. The fraction of sp³-hybridized carbons (Fsp3) is 0.400. The van der Waals surface area contributed by atoms with E-state index in [1.54, 1.807) is 24.4 Å². The highest BCUT2D eigenvalue weighted by Gasteiger charge is 2.53. The number of likely N-dealkylation sites (tertiary alicyclic amines) is 1. The van der Waals surface area contributed by atoms with Crippen LogP contribution in [0.25, 0.3) is 0 Å². The van der Waals surface area contributed by atoms with Gasteiger partial charge in [0.1, 0.15) is 0 Å². The van der Waals surface area contributed by atoms with Gasteiger partial charge in [0.05, 0.1) is 30.3 Å². The van der Waals surface area contributed by atoms with E-state index in [9.17, 15) is 22.8 Å². The highest BCUT2D eigenvalue weighted by atomic mass is 19.4. The van der Waals surface area contributed by atoms with Gasteiger partial charge in [0.15, 0.2) is 5.69 Å². The first kappa shape index (κ1) is 17.8. The van der Waals surface area contributed by atoms with Crippen molar-refractivity contribution in [2.45, 2.75) is 12.7 Å². The minimum atomic E-state index is -4.70. The van der Waals surface area contributed by atoms with Crippen molar-refractivity contribution in [2.75, 3.05) is 13.1 Å². The average Bonchev–Trinajstić information content (AvgIpc) is 3.22. The van der Waals surface area contributed by atoms with E-state index in [1.165, 1.54) is 10.9 Å². The van der Waals surface area contributed by atoms with Crippen molar-refractivity contribution in [1.29, 1.82) is 0 Å². The van der Waals surface area contributed by atoms with Gasteiger partial charge in [0.25, 0.3) is 5.91 Å². The molecule has 1 aliphatic rings. The van der Waals surface area contributed by atoms with Gasteiger partial charge in [0.2, 0.25) is 0 Å². The first-order chi connectivity index (χ1) is 12.3. The lowest BCUT2D eigenvalue weighted by atomic mass is 9.96. The summed E-state index contributed by atoms with van der Waals surface area (Å²) in [6.45, 7) is -0.998. The molecule has 2 aromatic rings. The summed E-state index contributed by atoms with van der Waals surface area (Å²) < 4.78 is 40.4. The third-order valence-corrected chi connectivity index (χ3v) is 4.15. The molecule has 0 bridgehead atoms. The fourth-order valence-corrected chi connectivity index (χ4v) is 2.84. The lowest BCUT2D eigenvalue weighted by Crippen LogP contribution is -2.34. The van der Waals surface area contributed by atoms with E-state index in [4.69, 9.17) is 5.11 Å². The number of alkyl halides is 3. The number of carboxylic acids is 1. The molecule has 0 spiro atoms. The van der Waals surface area contributed by atoms with Gasteiger partial charge in [-0.3, -0.25) is 14.6 Å². The largest absolute Gasteiger partial charge is 0.481 e. The molecule has 2 aromatic heterocycles. The first-order valence-electron chi connectivity index (χ1n) is 7.64. The summed E-state index contributed by atoms with van der Waals surface area (Å²) >= 11 is 0. The van der Waals surface area contributed by atoms with E-state index < -0.39 is 43.0 Å². The minimum Gasteiger partial charge on any atom is -0.481 e. The Morgan fingerprint density at radius 2 is 2.04 bits per heavy atom. The van der Waals surface area contributed by atoms with Crippen LogP contribution in [0.5, 0.6) is 0 Å². The van der Waals surface area contributed by atoms with Crippen LogP contribution >= 0.6 is 0 Å². The van der Waals surface area contributed by atoms with Crippen molar-refractivity contribution in [3.63, 3.8) is 0 Å². The zero-order chi connectivity index (χ0) is 18.9. The molecule has 0 saturated carbocycles. The highest BCUT2D eigenvalue weighted by Crippen LogP contribution is 2.38. The monoisotopic (exact) mass is 369 g/mol. The Bertz CT molecular complexity index is 808. The van der Waals surface area contributed by atoms with Gasteiger partial charge < -0.3 is 10.0 Å². The van der Waals surface area contributed by atoms with Crippen LogP contribution in [0.15, 0.2) is 30.6 Å². The Balaban J connectivity index is 1.73. The second kappa shape index (κ2) is 6.73. The number of carbonyl (C=O) groups excluding carboxylic acids is 1. The third-order valence-electron chi connectivity index (χ3n) is 4.15.